The Morgan fingerprint density at radius 3 is 2.70 bits per heavy atom. The Labute approximate surface area is 119 Å². The quantitative estimate of drug-likeness (QED) is 0.857. The average molecular weight is 277 g/mol. The largest absolute Gasteiger partial charge is 0.396 e. The van der Waals surface area contributed by atoms with Crippen molar-refractivity contribution >= 4 is 5.91 Å². The summed E-state index contributed by atoms with van der Waals surface area (Å²) in [4.78, 5) is 12.3. The zero-order valence-corrected chi connectivity index (χ0v) is 12.3. The highest BCUT2D eigenvalue weighted by Crippen LogP contribution is 2.36. The molecule has 1 saturated carbocycles. The number of rotatable bonds is 5. The first-order chi connectivity index (χ1) is 9.60. The van der Waals surface area contributed by atoms with Crippen LogP contribution < -0.4 is 5.32 Å². The van der Waals surface area contributed by atoms with Crippen molar-refractivity contribution in [3.05, 3.63) is 23.0 Å². The third-order valence-corrected chi connectivity index (χ3v) is 4.20. The van der Waals surface area contributed by atoms with Crippen LogP contribution in [0.4, 0.5) is 0 Å². The van der Waals surface area contributed by atoms with Gasteiger partial charge in [0.2, 0.25) is 0 Å². The summed E-state index contributed by atoms with van der Waals surface area (Å²) in [5.74, 6) is -0.112. The van der Waals surface area contributed by atoms with Crippen LogP contribution >= 0.6 is 0 Å². The monoisotopic (exact) mass is 277 g/mol. The molecule has 0 aromatic carbocycles. The summed E-state index contributed by atoms with van der Waals surface area (Å²) in [6.07, 6.45) is 4.91. The maximum Gasteiger partial charge on any atom is 0.253 e. The van der Waals surface area contributed by atoms with E-state index in [0.717, 1.165) is 37.1 Å². The van der Waals surface area contributed by atoms with Gasteiger partial charge < -0.3 is 10.4 Å². The molecule has 0 bridgehead atoms. The molecule has 1 heterocycles. The van der Waals surface area contributed by atoms with Crippen LogP contribution in [0.2, 0.25) is 0 Å². The van der Waals surface area contributed by atoms with Gasteiger partial charge in [-0.15, -0.1) is 0 Å². The number of aliphatic hydroxyl groups excluding tert-OH is 1. The zero-order valence-electron chi connectivity index (χ0n) is 12.3. The predicted molar refractivity (Wildman–Crippen MR) is 76.5 cm³/mol. The van der Waals surface area contributed by atoms with Gasteiger partial charge in [0.15, 0.2) is 0 Å². The molecule has 0 radical (unpaired) electrons. The zero-order chi connectivity index (χ0) is 14.6. The number of carbonyl (C=O) groups excluding carboxylic acids is 1. The first-order valence-electron chi connectivity index (χ1n) is 7.32. The van der Waals surface area contributed by atoms with Crippen molar-refractivity contribution in [1.82, 2.24) is 15.5 Å². The van der Waals surface area contributed by atoms with Crippen molar-refractivity contribution in [3.63, 3.8) is 0 Å². The van der Waals surface area contributed by atoms with Gasteiger partial charge in [0.05, 0.1) is 23.6 Å². The van der Waals surface area contributed by atoms with Crippen LogP contribution in [-0.2, 0) is 6.42 Å². The van der Waals surface area contributed by atoms with E-state index in [0.29, 0.717) is 18.5 Å². The Morgan fingerprint density at radius 2 is 2.10 bits per heavy atom. The van der Waals surface area contributed by atoms with Crippen molar-refractivity contribution in [2.45, 2.75) is 46.0 Å². The highest BCUT2D eigenvalue weighted by Gasteiger charge is 2.33. The number of nitrogens with zero attached hydrogens (tertiary/aromatic N) is 2. The molecule has 1 fully saturated rings. The molecule has 2 rings (SSSR count). The number of hydrogen-bond acceptors (Lipinski definition) is 4. The second-order valence-corrected chi connectivity index (χ2v) is 5.75. The molecule has 1 aliphatic carbocycles. The van der Waals surface area contributed by atoms with Crippen molar-refractivity contribution in [2.75, 3.05) is 13.2 Å². The minimum atomic E-state index is -0.127. The van der Waals surface area contributed by atoms with Gasteiger partial charge in [-0.3, -0.25) is 4.79 Å². The van der Waals surface area contributed by atoms with Crippen LogP contribution in [0.5, 0.6) is 0 Å². The molecule has 1 aromatic rings. The lowest BCUT2D eigenvalue weighted by Crippen LogP contribution is -2.38. The van der Waals surface area contributed by atoms with E-state index in [9.17, 15) is 9.90 Å². The minimum absolute atomic E-state index is 0.112. The van der Waals surface area contributed by atoms with Gasteiger partial charge in [0.25, 0.3) is 5.91 Å². The summed E-state index contributed by atoms with van der Waals surface area (Å²) in [5, 5.41) is 20.6. The molecule has 0 aliphatic heterocycles. The molecular weight excluding hydrogens is 254 g/mol. The number of aromatic nitrogens is 2. The molecule has 5 nitrogen and oxygen atoms in total. The molecule has 1 aliphatic rings. The normalized spacial score (nSPS) is 17.1. The molecule has 110 valence electrons. The molecule has 0 saturated heterocycles. The van der Waals surface area contributed by atoms with E-state index in [2.05, 4.69) is 15.5 Å². The molecule has 1 aromatic heterocycles. The van der Waals surface area contributed by atoms with Gasteiger partial charge in [-0.2, -0.15) is 10.2 Å². The summed E-state index contributed by atoms with van der Waals surface area (Å²) in [5.41, 5.74) is 1.94. The van der Waals surface area contributed by atoms with Crippen LogP contribution in [0.15, 0.2) is 6.07 Å². The molecular formula is C15H23N3O2. The summed E-state index contributed by atoms with van der Waals surface area (Å²) in [6, 6.07) is 1.78. The molecule has 20 heavy (non-hydrogen) atoms. The fourth-order valence-electron chi connectivity index (χ4n) is 2.85. The smallest absolute Gasteiger partial charge is 0.253 e. The minimum Gasteiger partial charge on any atom is -0.396 e. The first-order valence-corrected chi connectivity index (χ1v) is 7.32. The lowest BCUT2D eigenvalue weighted by atomic mass is 9.87. The second kappa shape index (κ2) is 6.31. The van der Waals surface area contributed by atoms with E-state index >= 15 is 0 Å². The van der Waals surface area contributed by atoms with Crippen molar-refractivity contribution < 1.29 is 9.90 Å². The first kappa shape index (κ1) is 14.9. The third-order valence-electron chi connectivity index (χ3n) is 4.20. The Hall–Kier alpha value is -1.49. The van der Waals surface area contributed by atoms with E-state index < -0.39 is 0 Å². The van der Waals surface area contributed by atoms with E-state index in [1.54, 1.807) is 6.07 Å². The number of amides is 1. The van der Waals surface area contributed by atoms with Crippen molar-refractivity contribution in [3.8, 4) is 0 Å². The van der Waals surface area contributed by atoms with E-state index in [1.165, 1.54) is 0 Å². The van der Waals surface area contributed by atoms with Gasteiger partial charge in [-0.25, -0.2) is 0 Å². The van der Waals surface area contributed by atoms with E-state index in [-0.39, 0.29) is 17.9 Å². The lowest BCUT2D eigenvalue weighted by molar-refractivity contribution is 0.0879. The number of aryl methyl sites for hydroxylation is 2. The maximum absolute atomic E-state index is 12.3. The maximum atomic E-state index is 12.3. The van der Waals surface area contributed by atoms with Crippen LogP contribution in [0.3, 0.4) is 0 Å². The van der Waals surface area contributed by atoms with Gasteiger partial charge in [-0.1, -0.05) is 19.8 Å². The van der Waals surface area contributed by atoms with Crippen LogP contribution in [-0.4, -0.2) is 34.4 Å². The standard InChI is InChI=1S/C15H23N3O2/c1-3-13-12(8-11(2)17-18-13)14(20)16-9-15(10-19)6-4-5-7-15/h8,19H,3-7,9-10H2,1-2H3,(H,16,20). The number of aliphatic hydroxyl groups is 1. The Kier molecular flexibility index (Phi) is 4.70. The number of hydrogen-bond donors (Lipinski definition) is 2. The average Bonchev–Trinajstić information content (AvgIpc) is 2.94. The third kappa shape index (κ3) is 3.15. The van der Waals surface area contributed by atoms with E-state index in [4.69, 9.17) is 0 Å². The van der Waals surface area contributed by atoms with Crippen molar-refractivity contribution in [1.29, 1.82) is 0 Å². The SMILES string of the molecule is CCc1nnc(C)cc1C(=O)NCC1(CO)CCCC1. The second-order valence-electron chi connectivity index (χ2n) is 5.75. The Morgan fingerprint density at radius 1 is 1.40 bits per heavy atom. The summed E-state index contributed by atoms with van der Waals surface area (Å²) < 4.78 is 0. The topological polar surface area (TPSA) is 75.1 Å². The summed E-state index contributed by atoms with van der Waals surface area (Å²) in [6.45, 7) is 4.46. The van der Waals surface area contributed by atoms with Crippen LogP contribution in [0.1, 0.15) is 54.4 Å². The highest BCUT2D eigenvalue weighted by atomic mass is 16.3. The molecule has 0 atom stereocenters. The van der Waals surface area contributed by atoms with Gasteiger partial charge in [0, 0.05) is 12.0 Å². The Balaban J connectivity index is 2.06. The van der Waals surface area contributed by atoms with Crippen LogP contribution in [0.25, 0.3) is 0 Å². The summed E-state index contributed by atoms with van der Waals surface area (Å²) in [7, 11) is 0. The van der Waals surface area contributed by atoms with Gasteiger partial charge in [0.1, 0.15) is 0 Å². The molecule has 0 spiro atoms. The van der Waals surface area contributed by atoms with Gasteiger partial charge >= 0.3 is 0 Å². The molecule has 5 heteroatoms. The highest BCUT2D eigenvalue weighted by molar-refractivity contribution is 5.95. The van der Waals surface area contributed by atoms with Crippen molar-refractivity contribution in [2.24, 2.45) is 5.41 Å². The van der Waals surface area contributed by atoms with E-state index in [1.807, 2.05) is 13.8 Å². The lowest BCUT2D eigenvalue weighted by Gasteiger charge is -2.26. The summed E-state index contributed by atoms with van der Waals surface area (Å²) >= 11 is 0. The number of nitrogens with one attached hydrogen (secondary N) is 1. The molecule has 0 unspecified atom stereocenters. The molecule has 2 N–H and O–H groups in total. The van der Waals surface area contributed by atoms with Crippen LogP contribution in [0, 0.1) is 12.3 Å². The fraction of sp³-hybridized carbons (Fsp3) is 0.667. The predicted octanol–water partition coefficient (Wildman–Crippen LogP) is 1.63. The van der Waals surface area contributed by atoms with Gasteiger partial charge in [-0.05, 0) is 32.3 Å². The Bertz CT molecular complexity index is 482. The molecule has 1 amide bonds. The number of carbonyl (C=O) groups is 1. The fourth-order valence-corrected chi connectivity index (χ4v) is 2.85.